The molecule has 6 rings (SSSR count). The summed E-state index contributed by atoms with van der Waals surface area (Å²) >= 11 is 1.60. The highest BCUT2D eigenvalue weighted by Gasteiger charge is 2.29. The Morgan fingerprint density at radius 3 is 2.48 bits per heavy atom. The standard InChI is InChI=1S/C36H42FN5O5S/c1-21-17-42(18-22(2)46-21)19-25-13-29(43)11-12-31(25)24-5-4-6-30(14-24)47-36-32(15-26(37)16-38-36)34(44)40-27-7-9-28(10-8-27)41-35(45)33-20-48-23(3)39-33/h4-6,11-16,21-22,27-28,33,43H,7-10,17-20H2,1-3H3,(H,40,44)(H,41,45)/t21-,22+,27-,28+,33?. The lowest BCUT2D eigenvalue weighted by molar-refractivity contribution is -0.122. The van der Waals surface area contributed by atoms with Crippen molar-refractivity contribution in [3.8, 4) is 28.5 Å². The van der Waals surface area contributed by atoms with Crippen LogP contribution in [0.4, 0.5) is 4.39 Å². The number of benzene rings is 2. The molecule has 1 unspecified atom stereocenters. The van der Waals surface area contributed by atoms with Gasteiger partial charge in [0.15, 0.2) is 0 Å². The molecule has 0 bridgehead atoms. The molecule has 2 aromatic carbocycles. The minimum Gasteiger partial charge on any atom is -0.508 e. The van der Waals surface area contributed by atoms with E-state index in [1.807, 2.05) is 31.2 Å². The third-order valence-corrected chi connectivity index (χ3v) is 9.90. The number of phenols is 1. The summed E-state index contributed by atoms with van der Waals surface area (Å²) in [7, 11) is 0. The number of ether oxygens (including phenoxy) is 2. The molecule has 1 saturated heterocycles. The number of morpholine rings is 1. The van der Waals surface area contributed by atoms with Crippen LogP contribution in [0.5, 0.6) is 17.4 Å². The van der Waals surface area contributed by atoms with E-state index in [-0.39, 0.29) is 53.4 Å². The third-order valence-electron chi connectivity index (χ3n) is 8.90. The Hall–Kier alpha value is -4.00. The van der Waals surface area contributed by atoms with Gasteiger partial charge in [-0.25, -0.2) is 9.37 Å². The Kier molecular flexibility index (Phi) is 10.6. The van der Waals surface area contributed by atoms with Gasteiger partial charge in [0.2, 0.25) is 11.8 Å². The fraction of sp³-hybridized carbons (Fsp3) is 0.444. The summed E-state index contributed by atoms with van der Waals surface area (Å²) in [5.41, 5.74) is 2.77. The smallest absolute Gasteiger partial charge is 0.257 e. The highest BCUT2D eigenvalue weighted by molar-refractivity contribution is 8.14. The number of phenolic OH excluding ortho intramolecular Hbond substituents is 1. The first kappa shape index (κ1) is 33.9. The van der Waals surface area contributed by atoms with E-state index in [1.54, 1.807) is 30.0 Å². The van der Waals surface area contributed by atoms with Crippen molar-refractivity contribution in [2.24, 2.45) is 4.99 Å². The fourth-order valence-electron chi connectivity index (χ4n) is 6.73. The second kappa shape index (κ2) is 15.0. The molecule has 0 spiro atoms. The second-order valence-corrected chi connectivity index (χ2v) is 14.1. The van der Waals surface area contributed by atoms with E-state index in [0.717, 1.165) is 59.9 Å². The van der Waals surface area contributed by atoms with E-state index in [1.165, 1.54) is 0 Å². The van der Waals surface area contributed by atoms with Crippen molar-refractivity contribution < 1.29 is 28.6 Å². The monoisotopic (exact) mass is 675 g/mol. The molecule has 10 nitrogen and oxygen atoms in total. The molecule has 1 aliphatic carbocycles. The van der Waals surface area contributed by atoms with Gasteiger partial charge in [-0.3, -0.25) is 19.5 Å². The summed E-state index contributed by atoms with van der Waals surface area (Å²) in [5, 5.41) is 17.4. The molecule has 3 aliphatic rings. The molecule has 1 aromatic heterocycles. The van der Waals surface area contributed by atoms with Crippen molar-refractivity contribution in [2.45, 2.75) is 83.3 Å². The van der Waals surface area contributed by atoms with Crippen LogP contribution in [0.2, 0.25) is 0 Å². The van der Waals surface area contributed by atoms with Crippen LogP contribution in [-0.4, -0.2) is 81.0 Å². The quantitative estimate of drug-likeness (QED) is 0.265. The minimum atomic E-state index is -0.642. The van der Waals surface area contributed by atoms with Gasteiger partial charge in [0, 0.05) is 37.5 Å². The molecule has 3 atom stereocenters. The number of carbonyl (C=O) groups is 2. The molecule has 3 aromatic rings. The highest BCUT2D eigenvalue weighted by atomic mass is 32.2. The van der Waals surface area contributed by atoms with Crippen LogP contribution >= 0.6 is 11.8 Å². The van der Waals surface area contributed by atoms with Crippen LogP contribution in [-0.2, 0) is 16.1 Å². The SMILES string of the molecule is CC1=NC(C(=O)N[C@H]2CC[C@@H](NC(=O)c3cc(F)cnc3Oc3cccc(-c4ccc(O)cc4CN4C[C@@H](C)O[C@@H](C)C4)c3)CC2)CS1. The van der Waals surface area contributed by atoms with Crippen molar-refractivity contribution >= 4 is 28.6 Å². The summed E-state index contributed by atoms with van der Waals surface area (Å²) in [4.78, 5) is 36.8. The number of rotatable bonds is 9. The number of nitrogens with one attached hydrogen (secondary N) is 2. The number of pyridine rings is 1. The van der Waals surface area contributed by atoms with Gasteiger partial charge < -0.3 is 25.2 Å². The number of hydrogen-bond acceptors (Lipinski definition) is 9. The van der Waals surface area contributed by atoms with E-state index in [2.05, 4.69) is 39.4 Å². The molecule has 3 N–H and O–H groups in total. The lowest BCUT2D eigenvalue weighted by Gasteiger charge is -2.35. The van der Waals surface area contributed by atoms with Crippen molar-refractivity contribution in [1.29, 1.82) is 0 Å². The Labute approximate surface area is 284 Å². The van der Waals surface area contributed by atoms with Gasteiger partial charge in [-0.1, -0.05) is 18.2 Å². The third kappa shape index (κ3) is 8.53. The van der Waals surface area contributed by atoms with Crippen molar-refractivity contribution in [2.75, 3.05) is 18.8 Å². The number of aliphatic imine (C=N–C) groups is 1. The predicted molar refractivity (Wildman–Crippen MR) is 184 cm³/mol. The fourth-order valence-corrected chi connectivity index (χ4v) is 7.55. The van der Waals surface area contributed by atoms with Crippen LogP contribution in [0.25, 0.3) is 11.1 Å². The van der Waals surface area contributed by atoms with Gasteiger partial charge in [-0.2, -0.15) is 0 Å². The molecule has 2 amide bonds. The van der Waals surface area contributed by atoms with Gasteiger partial charge in [0.05, 0.1) is 23.4 Å². The molecule has 3 heterocycles. The number of thioether (sulfide) groups is 1. The number of amides is 2. The first-order valence-corrected chi connectivity index (χ1v) is 17.5. The first-order chi connectivity index (χ1) is 23.1. The largest absolute Gasteiger partial charge is 0.508 e. The summed E-state index contributed by atoms with van der Waals surface area (Å²) < 4.78 is 26.4. The molecule has 0 radical (unpaired) electrons. The number of aromatic hydroxyl groups is 1. The second-order valence-electron chi connectivity index (χ2n) is 12.9. The summed E-state index contributed by atoms with van der Waals surface area (Å²) in [6.45, 7) is 8.25. The topological polar surface area (TPSA) is 125 Å². The van der Waals surface area contributed by atoms with Gasteiger partial charge in [0.25, 0.3) is 5.91 Å². The van der Waals surface area contributed by atoms with E-state index in [9.17, 15) is 19.1 Å². The molecule has 2 fully saturated rings. The average molecular weight is 676 g/mol. The maximum atomic E-state index is 14.4. The van der Waals surface area contributed by atoms with Crippen molar-refractivity contribution in [1.82, 2.24) is 20.5 Å². The zero-order chi connectivity index (χ0) is 33.8. The molecule has 48 heavy (non-hydrogen) atoms. The Morgan fingerprint density at radius 1 is 1.04 bits per heavy atom. The Balaban J connectivity index is 1.11. The van der Waals surface area contributed by atoms with Gasteiger partial charge >= 0.3 is 0 Å². The normalized spacial score (nSPS) is 24.5. The lowest BCUT2D eigenvalue weighted by Crippen LogP contribution is -2.46. The molecule has 1 saturated carbocycles. The summed E-state index contributed by atoms with van der Waals surface area (Å²) in [6.07, 6.45) is 4.06. The maximum absolute atomic E-state index is 14.4. The lowest BCUT2D eigenvalue weighted by atomic mass is 9.90. The van der Waals surface area contributed by atoms with Gasteiger partial charge in [-0.15, -0.1) is 11.8 Å². The molecular weight excluding hydrogens is 633 g/mol. The number of nitrogens with zero attached hydrogens (tertiary/aromatic N) is 3. The summed E-state index contributed by atoms with van der Waals surface area (Å²) in [5.74, 6) is 0.133. The van der Waals surface area contributed by atoms with E-state index in [4.69, 9.17) is 9.47 Å². The molecule has 12 heteroatoms. The number of hydrogen-bond donors (Lipinski definition) is 3. The predicted octanol–water partition coefficient (Wildman–Crippen LogP) is 5.69. The first-order valence-electron chi connectivity index (χ1n) is 16.5. The van der Waals surface area contributed by atoms with Crippen LogP contribution < -0.4 is 15.4 Å². The zero-order valence-corrected chi connectivity index (χ0v) is 28.3. The summed E-state index contributed by atoms with van der Waals surface area (Å²) in [6, 6.07) is 13.4. The molecule has 2 aliphatic heterocycles. The van der Waals surface area contributed by atoms with E-state index >= 15 is 0 Å². The van der Waals surface area contributed by atoms with E-state index < -0.39 is 11.7 Å². The number of aromatic nitrogens is 1. The van der Waals surface area contributed by atoms with E-state index in [0.29, 0.717) is 30.9 Å². The Bertz CT molecular complexity index is 1670. The van der Waals surface area contributed by atoms with Crippen LogP contribution in [0.15, 0.2) is 59.7 Å². The van der Waals surface area contributed by atoms with Gasteiger partial charge in [0.1, 0.15) is 28.9 Å². The van der Waals surface area contributed by atoms with Crippen molar-refractivity contribution in [3.05, 3.63) is 71.7 Å². The minimum absolute atomic E-state index is 0.000461. The molecule has 254 valence electrons. The van der Waals surface area contributed by atoms with Gasteiger partial charge in [-0.05, 0) is 93.5 Å². The zero-order valence-electron chi connectivity index (χ0n) is 27.4. The molecular formula is C36H42FN5O5S. The van der Waals surface area contributed by atoms with Crippen LogP contribution in [0, 0.1) is 5.82 Å². The number of carbonyl (C=O) groups excluding carboxylic acids is 2. The Morgan fingerprint density at radius 2 is 1.77 bits per heavy atom. The average Bonchev–Trinajstić information content (AvgIpc) is 3.49. The van der Waals surface area contributed by atoms with Crippen LogP contribution in [0.3, 0.4) is 0 Å². The maximum Gasteiger partial charge on any atom is 0.257 e. The van der Waals surface area contributed by atoms with Crippen LogP contribution in [0.1, 0.15) is 62.4 Å². The van der Waals surface area contributed by atoms with Crippen molar-refractivity contribution in [3.63, 3.8) is 0 Å². The number of halogens is 1. The highest BCUT2D eigenvalue weighted by Crippen LogP contribution is 2.33.